The predicted molar refractivity (Wildman–Crippen MR) is 126 cm³/mol. The molecule has 1 aromatic heterocycles. The van der Waals surface area contributed by atoms with Crippen LogP contribution < -0.4 is 10.9 Å². The molecule has 0 saturated carbocycles. The molecule has 1 amide bonds. The zero-order chi connectivity index (χ0) is 22.5. The number of rotatable bonds is 7. The van der Waals surface area contributed by atoms with Crippen LogP contribution in [-0.2, 0) is 11.2 Å². The first-order valence-corrected chi connectivity index (χ1v) is 11.2. The van der Waals surface area contributed by atoms with E-state index in [1.54, 1.807) is 28.8 Å². The van der Waals surface area contributed by atoms with Gasteiger partial charge in [0.1, 0.15) is 5.82 Å². The molecular formula is C25H22FN3O2S. The molecule has 0 spiro atoms. The van der Waals surface area contributed by atoms with Gasteiger partial charge in [0.15, 0.2) is 5.16 Å². The molecule has 0 fully saturated rings. The van der Waals surface area contributed by atoms with Crippen molar-refractivity contribution in [3.8, 4) is 5.69 Å². The fourth-order valence-corrected chi connectivity index (χ4v) is 4.25. The quantitative estimate of drug-likeness (QED) is 0.339. The van der Waals surface area contributed by atoms with Crippen molar-refractivity contribution < 1.29 is 9.18 Å². The Morgan fingerprint density at radius 1 is 1.03 bits per heavy atom. The molecule has 7 heteroatoms. The van der Waals surface area contributed by atoms with Crippen molar-refractivity contribution in [1.82, 2.24) is 14.9 Å². The molecule has 0 atom stereocenters. The number of nitrogens with zero attached hydrogens (tertiary/aromatic N) is 2. The molecule has 1 heterocycles. The summed E-state index contributed by atoms with van der Waals surface area (Å²) >= 11 is 1.23. The number of aromatic nitrogens is 2. The van der Waals surface area contributed by atoms with Crippen molar-refractivity contribution in [3.63, 3.8) is 0 Å². The summed E-state index contributed by atoms with van der Waals surface area (Å²) in [4.78, 5) is 30.4. The highest BCUT2D eigenvalue weighted by atomic mass is 32.2. The first-order valence-electron chi connectivity index (χ1n) is 10.2. The Labute approximate surface area is 189 Å². The maximum absolute atomic E-state index is 13.3. The Hall–Kier alpha value is -3.45. The predicted octanol–water partition coefficient (Wildman–Crippen LogP) is 4.28. The van der Waals surface area contributed by atoms with Crippen LogP contribution in [0.15, 0.2) is 82.7 Å². The molecule has 0 bridgehead atoms. The van der Waals surface area contributed by atoms with E-state index in [1.165, 1.54) is 23.9 Å². The van der Waals surface area contributed by atoms with Gasteiger partial charge in [-0.25, -0.2) is 9.37 Å². The summed E-state index contributed by atoms with van der Waals surface area (Å²) in [6.45, 7) is 2.38. The van der Waals surface area contributed by atoms with Gasteiger partial charge in [0, 0.05) is 6.54 Å². The average molecular weight is 448 g/mol. The van der Waals surface area contributed by atoms with Gasteiger partial charge in [-0.15, -0.1) is 0 Å². The summed E-state index contributed by atoms with van der Waals surface area (Å²) in [5.74, 6) is -0.312. The number of halogens is 1. The number of hydrogen-bond donors (Lipinski definition) is 1. The third kappa shape index (κ3) is 4.89. The van der Waals surface area contributed by atoms with Crippen molar-refractivity contribution >= 4 is 28.6 Å². The fourth-order valence-electron chi connectivity index (χ4n) is 3.41. The van der Waals surface area contributed by atoms with Crippen LogP contribution in [-0.4, -0.2) is 27.8 Å². The Morgan fingerprint density at radius 3 is 2.53 bits per heavy atom. The van der Waals surface area contributed by atoms with E-state index in [-0.39, 0.29) is 23.0 Å². The van der Waals surface area contributed by atoms with Crippen LogP contribution in [0, 0.1) is 12.7 Å². The number of hydrogen-bond acceptors (Lipinski definition) is 4. The third-order valence-corrected chi connectivity index (χ3v) is 6.02. The minimum Gasteiger partial charge on any atom is -0.355 e. The second-order valence-electron chi connectivity index (χ2n) is 7.35. The normalized spacial score (nSPS) is 10.9. The number of amides is 1. The molecule has 0 saturated heterocycles. The second kappa shape index (κ2) is 9.78. The van der Waals surface area contributed by atoms with E-state index >= 15 is 0 Å². The summed E-state index contributed by atoms with van der Waals surface area (Å²) in [6.07, 6.45) is 0.610. The van der Waals surface area contributed by atoms with Gasteiger partial charge >= 0.3 is 0 Å². The van der Waals surface area contributed by atoms with Gasteiger partial charge in [0.25, 0.3) is 5.56 Å². The summed E-state index contributed by atoms with van der Waals surface area (Å²) in [5, 5.41) is 3.87. The molecule has 5 nitrogen and oxygen atoms in total. The van der Waals surface area contributed by atoms with E-state index in [0.717, 1.165) is 16.8 Å². The lowest BCUT2D eigenvalue weighted by atomic mass is 10.1. The largest absolute Gasteiger partial charge is 0.355 e. The molecule has 162 valence electrons. The minimum atomic E-state index is -0.281. The van der Waals surface area contributed by atoms with Crippen LogP contribution in [0.5, 0.6) is 0 Å². The zero-order valence-electron chi connectivity index (χ0n) is 17.5. The average Bonchev–Trinajstić information content (AvgIpc) is 2.80. The molecule has 0 aliphatic heterocycles. The molecule has 32 heavy (non-hydrogen) atoms. The molecule has 0 radical (unpaired) electrons. The van der Waals surface area contributed by atoms with Crippen LogP contribution in [0.3, 0.4) is 0 Å². The van der Waals surface area contributed by atoms with E-state index in [9.17, 15) is 14.0 Å². The highest BCUT2D eigenvalue weighted by Gasteiger charge is 2.15. The maximum Gasteiger partial charge on any atom is 0.266 e. The summed E-state index contributed by atoms with van der Waals surface area (Å²) in [6, 6.07) is 21.0. The van der Waals surface area contributed by atoms with E-state index in [2.05, 4.69) is 10.3 Å². The third-order valence-electron chi connectivity index (χ3n) is 5.08. The highest BCUT2D eigenvalue weighted by molar-refractivity contribution is 7.99. The van der Waals surface area contributed by atoms with Crippen molar-refractivity contribution in [2.24, 2.45) is 0 Å². The highest BCUT2D eigenvalue weighted by Crippen LogP contribution is 2.23. The summed E-state index contributed by atoms with van der Waals surface area (Å²) in [7, 11) is 0. The number of thioether (sulfide) groups is 1. The molecule has 0 aliphatic rings. The SMILES string of the molecule is Cc1ccccc1-n1c(SCC(=O)NCCc2ccc(F)cc2)nc2ccccc2c1=O. The van der Waals surface area contributed by atoms with Gasteiger partial charge in [0.05, 0.1) is 22.3 Å². The summed E-state index contributed by atoms with van der Waals surface area (Å²) in [5.41, 5.74) is 3.07. The van der Waals surface area contributed by atoms with Gasteiger partial charge in [-0.05, 0) is 54.8 Å². The van der Waals surface area contributed by atoms with E-state index < -0.39 is 0 Å². The molecular weight excluding hydrogens is 425 g/mol. The van der Waals surface area contributed by atoms with E-state index in [4.69, 9.17) is 0 Å². The monoisotopic (exact) mass is 447 g/mol. The van der Waals surface area contributed by atoms with Crippen LogP contribution >= 0.6 is 11.8 Å². The van der Waals surface area contributed by atoms with Crippen molar-refractivity contribution in [1.29, 1.82) is 0 Å². The second-order valence-corrected chi connectivity index (χ2v) is 8.30. The topological polar surface area (TPSA) is 64.0 Å². The number of carbonyl (C=O) groups is 1. The fraction of sp³-hybridized carbons (Fsp3) is 0.160. The van der Waals surface area contributed by atoms with Crippen molar-refractivity contribution in [2.75, 3.05) is 12.3 Å². The Bertz CT molecular complexity index is 1320. The number of benzene rings is 3. The van der Waals surface area contributed by atoms with Gasteiger partial charge in [-0.2, -0.15) is 0 Å². The van der Waals surface area contributed by atoms with Crippen LogP contribution in [0.4, 0.5) is 4.39 Å². The Balaban J connectivity index is 1.52. The van der Waals surface area contributed by atoms with Crippen LogP contribution in [0.2, 0.25) is 0 Å². The van der Waals surface area contributed by atoms with Gasteiger partial charge in [0.2, 0.25) is 5.91 Å². The molecule has 4 rings (SSSR count). The lowest BCUT2D eigenvalue weighted by molar-refractivity contribution is -0.118. The first kappa shape index (κ1) is 21.8. The van der Waals surface area contributed by atoms with Crippen LogP contribution in [0.25, 0.3) is 16.6 Å². The lowest BCUT2D eigenvalue weighted by Crippen LogP contribution is -2.28. The molecule has 0 aliphatic carbocycles. The Morgan fingerprint density at radius 2 is 1.75 bits per heavy atom. The number of para-hydroxylation sites is 2. The molecule has 4 aromatic rings. The number of carbonyl (C=O) groups excluding carboxylic acids is 1. The number of nitrogens with one attached hydrogen (secondary N) is 1. The standard InChI is InChI=1S/C25H22FN3O2S/c1-17-6-2-5-9-22(17)29-24(31)20-7-3-4-8-21(20)28-25(29)32-16-23(30)27-15-14-18-10-12-19(26)13-11-18/h2-13H,14-16H2,1H3,(H,27,30). The molecule has 0 unspecified atom stereocenters. The van der Waals surface area contributed by atoms with E-state index in [0.29, 0.717) is 29.0 Å². The minimum absolute atomic E-state index is 0.125. The molecule has 1 N–H and O–H groups in total. The van der Waals surface area contributed by atoms with Crippen molar-refractivity contribution in [2.45, 2.75) is 18.5 Å². The van der Waals surface area contributed by atoms with Gasteiger partial charge in [-0.3, -0.25) is 14.2 Å². The van der Waals surface area contributed by atoms with Gasteiger partial charge < -0.3 is 5.32 Å². The van der Waals surface area contributed by atoms with Crippen molar-refractivity contribution in [3.05, 3.63) is 100 Å². The van der Waals surface area contributed by atoms with Crippen LogP contribution in [0.1, 0.15) is 11.1 Å². The Kier molecular flexibility index (Phi) is 6.66. The lowest BCUT2D eigenvalue weighted by Gasteiger charge is -2.15. The van der Waals surface area contributed by atoms with Gasteiger partial charge in [-0.1, -0.05) is 54.2 Å². The number of fused-ring (bicyclic) bond motifs is 1. The zero-order valence-corrected chi connectivity index (χ0v) is 18.4. The smallest absolute Gasteiger partial charge is 0.266 e. The summed E-state index contributed by atoms with van der Waals surface area (Å²) < 4.78 is 14.6. The maximum atomic E-state index is 13.3. The first-order chi connectivity index (χ1) is 15.5. The number of aryl methyl sites for hydroxylation is 1. The van der Waals surface area contributed by atoms with E-state index in [1.807, 2.05) is 43.3 Å². The molecule has 3 aromatic carbocycles.